The molecule has 0 N–H and O–H groups in total. The van der Waals surface area contributed by atoms with E-state index >= 15 is 0 Å². The summed E-state index contributed by atoms with van der Waals surface area (Å²) in [5.41, 5.74) is 4.36. The molecule has 124 valence electrons. The largest absolute Gasteiger partial charge is 0.466 e. The van der Waals surface area contributed by atoms with E-state index in [-0.39, 0.29) is 12.4 Å². The van der Waals surface area contributed by atoms with Crippen LogP contribution in [0.25, 0.3) is 10.9 Å². The highest BCUT2D eigenvalue weighted by Gasteiger charge is 2.17. The van der Waals surface area contributed by atoms with E-state index in [0.29, 0.717) is 11.6 Å². The van der Waals surface area contributed by atoms with Crippen LogP contribution in [-0.4, -0.2) is 17.1 Å². The lowest BCUT2D eigenvalue weighted by atomic mass is 10.1. The fourth-order valence-corrected chi connectivity index (χ4v) is 3.25. The van der Waals surface area contributed by atoms with Crippen molar-refractivity contribution in [2.24, 2.45) is 0 Å². The first kappa shape index (κ1) is 16.6. The first-order valence-corrected chi connectivity index (χ1v) is 8.44. The number of esters is 1. The van der Waals surface area contributed by atoms with E-state index in [2.05, 4.69) is 16.7 Å². The van der Waals surface area contributed by atoms with Gasteiger partial charge in [-0.15, -0.1) is 0 Å². The first-order chi connectivity index (χ1) is 11.6. The molecule has 3 aromatic rings. The molecule has 3 nitrogen and oxygen atoms in total. The van der Waals surface area contributed by atoms with E-state index in [9.17, 15) is 4.79 Å². The van der Waals surface area contributed by atoms with Crippen molar-refractivity contribution < 1.29 is 9.53 Å². The number of aromatic nitrogens is 1. The number of benzene rings is 2. The molecule has 0 saturated heterocycles. The highest BCUT2D eigenvalue weighted by atomic mass is 35.5. The standard InChI is InChI=1S/C20H20ClNO2/c1-3-24-20(23)12-17-14(2)22(13-15-7-5-4-6-8-15)19-10-9-16(21)11-18(17)19/h4-11H,3,12-13H2,1-2H3. The number of hydrogen-bond acceptors (Lipinski definition) is 2. The van der Waals surface area contributed by atoms with Gasteiger partial charge in [0.1, 0.15) is 0 Å². The Morgan fingerprint density at radius 3 is 2.62 bits per heavy atom. The molecule has 1 heterocycles. The summed E-state index contributed by atoms with van der Waals surface area (Å²) >= 11 is 6.18. The molecule has 0 aliphatic rings. The second-order valence-corrected chi connectivity index (χ2v) is 6.22. The zero-order valence-corrected chi connectivity index (χ0v) is 14.6. The Labute approximate surface area is 146 Å². The average Bonchev–Trinajstić information content (AvgIpc) is 2.81. The summed E-state index contributed by atoms with van der Waals surface area (Å²) in [6.07, 6.45) is 0.262. The van der Waals surface area contributed by atoms with Crippen molar-refractivity contribution in [3.05, 3.63) is 70.4 Å². The molecule has 0 amide bonds. The lowest BCUT2D eigenvalue weighted by molar-refractivity contribution is -0.142. The molecule has 0 aliphatic carbocycles. The van der Waals surface area contributed by atoms with Crippen molar-refractivity contribution in [2.45, 2.75) is 26.8 Å². The van der Waals surface area contributed by atoms with Gasteiger partial charge in [-0.05, 0) is 43.2 Å². The molecule has 2 aromatic carbocycles. The summed E-state index contributed by atoms with van der Waals surface area (Å²) < 4.78 is 7.36. The average molecular weight is 342 g/mol. The van der Waals surface area contributed by atoms with Crippen LogP contribution in [0.4, 0.5) is 0 Å². The molecule has 0 radical (unpaired) electrons. The molecule has 0 bridgehead atoms. The topological polar surface area (TPSA) is 31.2 Å². The summed E-state index contributed by atoms with van der Waals surface area (Å²) in [6.45, 7) is 5.01. The number of ether oxygens (including phenoxy) is 1. The maximum atomic E-state index is 12.0. The molecule has 1 aromatic heterocycles. The third-order valence-corrected chi connectivity index (χ3v) is 4.46. The van der Waals surface area contributed by atoms with Crippen molar-refractivity contribution in [2.75, 3.05) is 6.61 Å². The Bertz CT molecular complexity index is 868. The third-order valence-electron chi connectivity index (χ3n) is 4.23. The van der Waals surface area contributed by atoms with Gasteiger partial charge in [0, 0.05) is 28.2 Å². The number of halogens is 1. The smallest absolute Gasteiger partial charge is 0.310 e. The zero-order valence-electron chi connectivity index (χ0n) is 13.9. The fraction of sp³-hybridized carbons (Fsp3) is 0.250. The molecule has 4 heteroatoms. The second-order valence-electron chi connectivity index (χ2n) is 5.78. The van der Waals surface area contributed by atoms with E-state index in [1.54, 1.807) is 0 Å². The van der Waals surface area contributed by atoms with E-state index in [0.717, 1.165) is 28.7 Å². The number of rotatable bonds is 5. The van der Waals surface area contributed by atoms with Crippen LogP contribution in [0.2, 0.25) is 5.02 Å². The predicted molar refractivity (Wildman–Crippen MR) is 97.6 cm³/mol. The molecular weight excluding hydrogens is 322 g/mol. The van der Waals surface area contributed by atoms with Crippen LogP contribution in [0.1, 0.15) is 23.7 Å². The molecule has 0 unspecified atom stereocenters. The molecule has 0 spiro atoms. The van der Waals surface area contributed by atoms with Crippen LogP contribution in [0.5, 0.6) is 0 Å². The Morgan fingerprint density at radius 2 is 1.92 bits per heavy atom. The van der Waals surface area contributed by atoms with Crippen molar-refractivity contribution >= 4 is 28.5 Å². The van der Waals surface area contributed by atoms with E-state index in [4.69, 9.17) is 16.3 Å². The molecular formula is C20H20ClNO2. The zero-order chi connectivity index (χ0) is 17.1. The number of hydrogen-bond donors (Lipinski definition) is 0. The van der Waals surface area contributed by atoms with Crippen LogP contribution in [0.15, 0.2) is 48.5 Å². The highest BCUT2D eigenvalue weighted by molar-refractivity contribution is 6.31. The summed E-state index contributed by atoms with van der Waals surface area (Å²) in [5.74, 6) is -0.209. The van der Waals surface area contributed by atoms with Crippen LogP contribution in [0, 0.1) is 6.92 Å². The van der Waals surface area contributed by atoms with Gasteiger partial charge in [-0.25, -0.2) is 0 Å². The van der Waals surface area contributed by atoms with Crippen molar-refractivity contribution in [3.8, 4) is 0 Å². The lowest BCUT2D eigenvalue weighted by Gasteiger charge is -2.09. The number of fused-ring (bicyclic) bond motifs is 1. The normalized spacial score (nSPS) is 11.0. The van der Waals surface area contributed by atoms with E-state index in [1.807, 2.05) is 50.2 Å². The minimum Gasteiger partial charge on any atom is -0.466 e. The number of carbonyl (C=O) groups excluding carboxylic acids is 1. The van der Waals surface area contributed by atoms with Gasteiger partial charge in [0.25, 0.3) is 0 Å². The molecule has 0 fully saturated rings. The second kappa shape index (κ2) is 7.10. The maximum Gasteiger partial charge on any atom is 0.310 e. The van der Waals surface area contributed by atoms with Crippen molar-refractivity contribution in [3.63, 3.8) is 0 Å². The lowest BCUT2D eigenvalue weighted by Crippen LogP contribution is -2.09. The predicted octanol–water partition coefficient (Wildman–Crippen LogP) is 4.76. The minimum absolute atomic E-state index is 0.209. The molecule has 0 atom stereocenters. The van der Waals surface area contributed by atoms with Crippen LogP contribution >= 0.6 is 11.6 Å². The van der Waals surface area contributed by atoms with Crippen molar-refractivity contribution in [1.82, 2.24) is 4.57 Å². The van der Waals surface area contributed by atoms with Gasteiger partial charge >= 0.3 is 5.97 Å². The molecule has 3 rings (SSSR count). The Hall–Kier alpha value is -2.26. The first-order valence-electron chi connectivity index (χ1n) is 8.07. The summed E-state index contributed by atoms with van der Waals surface area (Å²) in [5, 5.41) is 1.69. The third kappa shape index (κ3) is 3.31. The summed E-state index contributed by atoms with van der Waals surface area (Å²) in [6, 6.07) is 16.1. The van der Waals surface area contributed by atoms with Gasteiger partial charge in [-0.1, -0.05) is 41.9 Å². The van der Waals surface area contributed by atoms with Gasteiger partial charge in [0.2, 0.25) is 0 Å². The Balaban J connectivity index is 2.08. The van der Waals surface area contributed by atoms with Crippen LogP contribution in [-0.2, 0) is 22.5 Å². The monoisotopic (exact) mass is 341 g/mol. The van der Waals surface area contributed by atoms with E-state index < -0.39 is 0 Å². The van der Waals surface area contributed by atoms with Crippen LogP contribution in [0.3, 0.4) is 0 Å². The van der Waals surface area contributed by atoms with Gasteiger partial charge in [0.05, 0.1) is 13.0 Å². The van der Waals surface area contributed by atoms with Crippen molar-refractivity contribution in [1.29, 1.82) is 0 Å². The molecule has 0 saturated carbocycles. The Morgan fingerprint density at radius 1 is 1.17 bits per heavy atom. The number of carbonyl (C=O) groups is 1. The molecule has 0 aliphatic heterocycles. The van der Waals surface area contributed by atoms with Gasteiger partial charge in [-0.2, -0.15) is 0 Å². The summed E-state index contributed by atoms with van der Waals surface area (Å²) in [4.78, 5) is 12.0. The molecule has 24 heavy (non-hydrogen) atoms. The van der Waals surface area contributed by atoms with E-state index in [1.165, 1.54) is 5.56 Å². The van der Waals surface area contributed by atoms with Gasteiger partial charge in [0.15, 0.2) is 0 Å². The van der Waals surface area contributed by atoms with Gasteiger partial charge in [-0.3, -0.25) is 4.79 Å². The minimum atomic E-state index is -0.209. The summed E-state index contributed by atoms with van der Waals surface area (Å²) in [7, 11) is 0. The fourth-order valence-electron chi connectivity index (χ4n) is 3.07. The van der Waals surface area contributed by atoms with Gasteiger partial charge < -0.3 is 9.30 Å². The quantitative estimate of drug-likeness (QED) is 0.627. The SMILES string of the molecule is CCOC(=O)Cc1c(C)n(Cc2ccccc2)c2ccc(Cl)cc12. The maximum absolute atomic E-state index is 12.0. The highest BCUT2D eigenvalue weighted by Crippen LogP contribution is 2.30. The number of nitrogens with zero attached hydrogens (tertiary/aromatic N) is 1. The Kier molecular flexibility index (Phi) is 4.91. The van der Waals surface area contributed by atoms with Crippen LogP contribution < -0.4 is 0 Å².